The second-order valence-electron chi connectivity index (χ2n) is 5.10. The Kier molecular flexibility index (Phi) is 3.77. The van der Waals surface area contributed by atoms with E-state index >= 15 is 0 Å². The van der Waals surface area contributed by atoms with Crippen LogP contribution in [-0.4, -0.2) is 25.2 Å². The van der Waals surface area contributed by atoms with E-state index in [1.54, 1.807) is 0 Å². The van der Waals surface area contributed by atoms with Crippen LogP contribution in [0.25, 0.3) is 0 Å². The Morgan fingerprint density at radius 1 is 1.40 bits per heavy atom. The summed E-state index contributed by atoms with van der Waals surface area (Å²) in [6.45, 7) is 7.48. The Morgan fingerprint density at radius 3 is 2.47 bits per heavy atom. The molecule has 1 aliphatic rings. The van der Waals surface area contributed by atoms with Crippen molar-refractivity contribution in [3.8, 4) is 0 Å². The summed E-state index contributed by atoms with van der Waals surface area (Å²) in [6, 6.07) is 0. The minimum Gasteiger partial charge on any atom is -0.469 e. The molecule has 0 bridgehead atoms. The van der Waals surface area contributed by atoms with E-state index in [0.717, 1.165) is 13.0 Å². The molecule has 0 aromatic rings. The van der Waals surface area contributed by atoms with Gasteiger partial charge < -0.3 is 10.1 Å². The zero-order chi connectivity index (χ0) is 11.5. The van der Waals surface area contributed by atoms with Crippen molar-refractivity contribution in [2.24, 2.45) is 5.41 Å². The highest BCUT2D eigenvalue weighted by Crippen LogP contribution is 2.47. The van der Waals surface area contributed by atoms with E-state index in [2.05, 4.69) is 26.1 Å². The molecular formula is C12H23NO2. The summed E-state index contributed by atoms with van der Waals surface area (Å²) < 4.78 is 4.80. The van der Waals surface area contributed by atoms with Gasteiger partial charge in [-0.3, -0.25) is 4.79 Å². The molecule has 1 N–H and O–H groups in total. The molecule has 1 aliphatic carbocycles. The highest BCUT2D eigenvalue weighted by molar-refractivity contribution is 5.71. The Morgan fingerprint density at radius 2 is 2.07 bits per heavy atom. The van der Waals surface area contributed by atoms with Gasteiger partial charge in [0, 0.05) is 5.54 Å². The van der Waals surface area contributed by atoms with Crippen molar-refractivity contribution in [1.29, 1.82) is 0 Å². The van der Waals surface area contributed by atoms with Crippen LogP contribution in [0.15, 0.2) is 0 Å². The molecule has 1 unspecified atom stereocenters. The number of carbonyl (C=O) groups is 1. The lowest BCUT2D eigenvalue weighted by Gasteiger charge is -2.41. The fourth-order valence-electron chi connectivity index (χ4n) is 2.78. The summed E-state index contributed by atoms with van der Waals surface area (Å²) in [4.78, 5) is 11.5. The van der Waals surface area contributed by atoms with Crippen LogP contribution in [0.1, 0.15) is 46.5 Å². The minimum atomic E-state index is -0.106. The van der Waals surface area contributed by atoms with Gasteiger partial charge in [-0.2, -0.15) is 0 Å². The summed E-state index contributed by atoms with van der Waals surface area (Å²) in [7, 11) is 1.46. The first-order valence-corrected chi connectivity index (χ1v) is 5.79. The van der Waals surface area contributed by atoms with Gasteiger partial charge in [-0.25, -0.2) is 0 Å². The van der Waals surface area contributed by atoms with Crippen molar-refractivity contribution in [3.63, 3.8) is 0 Å². The quantitative estimate of drug-likeness (QED) is 0.727. The van der Waals surface area contributed by atoms with Gasteiger partial charge in [0.15, 0.2) is 0 Å². The van der Waals surface area contributed by atoms with Gasteiger partial charge in [0.25, 0.3) is 0 Å². The number of methoxy groups -OCH3 is 1. The molecule has 0 spiro atoms. The van der Waals surface area contributed by atoms with Crippen LogP contribution in [0.3, 0.4) is 0 Å². The highest BCUT2D eigenvalue weighted by Gasteiger charge is 2.49. The van der Waals surface area contributed by atoms with Gasteiger partial charge >= 0.3 is 5.97 Å². The van der Waals surface area contributed by atoms with Crippen LogP contribution >= 0.6 is 0 Å². The Bertz CT molecular complexity index is 238. The number of esters is 1. The molecule has 0 aliphatic heterocycles. The second-order valence-corrected chi connectivity index (χ2v) is 5.10. The summed E-state index contributed by atoms with van der Waals surface area (Å²) in [5.74, 6) is -0.106. The predicted molar refractivity (Wildman–Crippen MR) is 60.7 cm³/mol. The van der Waals surface area contributed by atoms with Gasteiger partial charge in [0.05, 0.1) is 13.5 Å². The third-order valence-corrected chi connectivity index (χ3v) is 3.89. The summed E-state index contributed by atoms with van der Waals surface area (Å²) in [5.41, 5.74) is 0.117. The van der Waals surface area contributed by atoms with E-state index in [1.165, 1.54) is 20.0 Å². The molecule has 15 heavy (non-hydrogen) atoms. The van der Waals surface area contributed by atoms with Crippen molar-refractivity contribution in [2.75, 3.05) is 13.7 Å². The van der Waals surface area contributed by atoms with E-state index in [0.29, 0.717) is 6.42 Å². The van der Waals surface area contributed by atoms with Crippen LogP contribution in [0.4, 0.5) is 0 Å². The number of carbonyl (C=O) groups excluding carboxylic acids is 1. The molecule has 0 saturated heterocycles. The monoisotopic (exact) mass is 213 g/mol. The van der Waals surface area contributed by atoms with Gasteiger partial charge in [-0.1, -0.05) is 27.2 Å². The molecule has 1 rings (SSSR count). The van der Waals surface area contributed by atoms with Crippen LogP contribution in [0.5, 0.6) is 0 Å². The smallest absolute Gasteiger partial charge is 0.307 e. The molecule has 0 aromatic carbocycles. The van der Waals surface area contributed by atoms with Crippen molar-refractivity contribution in [2.45, 2.75) is 52.0 Å². The van der Waals surface area contributed by atoms with Gasteiger partial charge in [-0.15, -0.1) is 0 Å². The van der Waals surface area contributed by atoms with E-state index in [4.69, 9.17) is 4.74 Å². The van der Waals surface area contributed by atoms with Crippen LogP contribution in [0, 0.1) is 5.41 Å². The third kappa shape index (κ3) is 2.33. The SMILES string of the molecule is CCNC1(CC(=O)OC)CCCC1(C)C. The summed E-state index contributed by atoms with van der Waals surface area (Å²) >= 11 is 0. The van der Waals surface area contributed by atoms with Crippen LogP contribution in [-0.2, 0) is 9.53 Å². The van der Waals surface area contributed by atoms with E-state index < -0.39 is 0 Å². The first-order chi connectivity index (χ1) is 6.97. The zero-order valence-electron chi connectivity index (χ0n) is 10.4. The molecule has 0 aromatic heterocycles. The molecule has 1 atom stereocenters. The van der Waals surface area contributed by atoms with Crippen LogP contribution < -0.4 is 5.32 Å². The molecule has 88 valence electrons. The lowest BCUT2D eigenvalue weighted by atomic mass is 9.73. The van der Waals surface area contributed by atoms with Gasteiger partial charge in [0.2, 0.25) is 0 Å². The Labute approximate surface area is 92.6 Å². The highest BCUT2D eigenvalue weighted by atomic mass is 16.5. The standard InChI is InChI=1S/C12H23NO2/c1-5-13-12(9-10(14)15-4)8-6-7-11(12,2)3/h13H,5-9H2,1-4H3. The van der Waals surface area contributed by atoms with Gasteiger partial charge in [-0.05, 0) is 24.8 Å². The first-order valence-electron chi connectivity index (χ1n) is 5.79. The molecule has 0 amide bonds. The summed E-state index contributed by atoms with van der Waals surface area (Å²) in [6.07, 6.45) is 3.93. The molecular weight excluding hydrogens is 190 g/mol. The maximum absolute atomic E-state index is 11.5. The lowest BCUT2D eigenvalue weighted by Crippen LogP contribution is -2.54. The summed E-state index contributed by atoms with van der Waals surface area (Å²) in [5, 5.41) is 3.51. The average Bonchev–Trinajstić information content (AvgIpc) is 2.43. The molecule has 0 heterocycles. The van der Waals surface area contributed by atoms with Crippen LogP contribution in [0.2, 0.25) is 0 Å². The topological polar surface area (TPSA) is 38.3 Å². The molecule has 1 saturated carbocycles. The van der Waals surface area contributed by atoms with Crippen molar-refractivity contribution < 1.29 is 9.53 Å². The van der Waals surface area contributed by atoms with Crippen molar-refractivity contribution in [3.05, 3.63) is 0 Å². The third-order valence-electron chi connectivity index (χ3n) is 3.89. The number of rotatable bonds is 4. The predicted octanol–water partition coefficient (Wildman–Crippen LogP) is 2.11. The number of hydrogen-bond donors (Lipinski definition) is 1. The van der Waals surface area contributed by atoms with E-state index in [9.17, 15) is 4.79 Å². The Hall–Kier alpha value is -0.570. The maximum atomic E-state index is 11.5. The fraction of sp³-hybridized carbons (Fsp3) is 0.917. The average molecular weight is 213 g/mol. The minimum absolute atomic E-state index is 0.0607. The number of hydrogen-bond acceptors (Lipinski definition) is 3. The van der Waals surface area contributed by atoms with Crippen molar-refractivity contribution in [1.82, 2.24) is 5.32 Å². The molecule has 3 nitrogen and oxygen atoms in total. The molecule has 0 radical (unpaired) electrons. The molecule has 1 fully saturated rings. The second kappa shape index (κ2) is 4.52. The maximum Gasteiger partial charge on any atom is 0.307 e. The largest absolute Gasteiger partial charge is 0.469 e. The fourth-order valence-corrected chi connectivity index (χ4v) is 2.78. The number of ether oxygens (including phenoxy) is 1. The first kappa shape index (κ1) is 12.5. The van der Waals surface area contributed by atoms with Crippen molar-refractivity contribution >= 4 is 5.97 Å². The van der Waals surface area contributed by atoms with Gasteiger partial charge in [0.1, 0.15) is 0 Å². The lowest BCUT2D eigenvalue weighted by molar-refractivity contribution is -0.143. The zero-order valence-corrected chi connectivity index (χ0v) is 10.4. The Balaban J connectivity index is 2.82. The number of nitrogens with one attached hydrogen (secondary N) is 1. The van der Waals surface area contributed by atoms with E-state index in [-0.39, 0.29) is 16.9 Å². The van der Waals surface area contributed by atoms with E-state index in [1.807, 2.05) is 0 Å². The normalized spacial score (nSPS) is 29.1. The molecule has 3 heteroatoms.